The Morgan fingerprint density at radius 3 is 0.667 bits per heavy atom. The van der Waals surface area contributed by atoms with Gasteiger partial charge < -0.3 is 30.6 Å². The molecule has 0 aliphatic rings. The van der Waals surface area contributed by atoms with Crippen LogP contribution in [0.5, 0.6) is 0 Å². The number of aromatic carboxylic acids is 6. The summed E-state index contributed by atoms with van der Waals surface area (Å²) < 4.78 is 63.1. The Morgan fingerprint density at radius 2 is 0.452 bits per heavy atom. The van der Waals surface area contributed by atoms with Crippen molar-refractivity contribution in [3.8, 4) is 101 Å². The number of nitrogens with zero attached hydrogens (tertiary/aromatic N) is 12. The number of carboxylic acids is 6. The highest BCUT2D eigenvalue weighted by Crippen LogP contribution is 2.34. The number of hydrogen-bond acceptors (Lipinski definition) is 12. The summed E-state index contributed by atoms with van der Waals surface area (Å²) in [4.78, 5) is 65.5. The van der Waals surface area contributed by atoms with Crippen molar-refractivity contribution < 1.29 is 77.0 Å². The van der Waals surface area contributed by atoms with Crippen LogP contribution in [-0.2, 0) is 11.8 Å². The number of hydrogen-bond donors (Lipinski definition) is 6. The maximum absolute atomic E-state index is 13.2. The van der Waals surface area contributed by atoms with Gasteiger partial charge in [-0.2, -0.15) is 30.6 Å². The van der Waals surface area contributed by atoms with Crippen LogP contribution in [0.1, 0.15) is 109 Å². The largest absolute Gasteiger partial charge is 0.478 e. The lowest BCUT2D eigenvalue weighted by Crippen LogP contribution is -2.06. The Kier molecular flexibility index (Phi) is 30.2. The van der Waals surface area contributed by atoms with Gasteiger partial charge in [-0.15, -0.1) is 0 Å². The molecule has 18 rings (SSSR count). The monoisotopic (exact) mass is 1870 g/mol. The Hall–Kier alpha value is -16.7. The molecule has 0 aliphatic carbocycles. The molecule has 0 radical (unpaired) electrons. The van der Waals surface area contributed by atoms with Gasteiger partial charge in [-0.25, -0.2) is 74.4 Å². The van der Waals surface area contributed by atoms with Gasteiger partial charge in [0, 0.05) is 111 Å². The van der Waals surface area contributed by atoms with Crippen LogP contribution in [0.15, 0.2) is 347 Å². The number of alkyl halides is 4. The number of aryl methyl sites for hydroxylation is 4. The Bertz CT molecular complexity index is 7150. The van der Waals surface area contributed by atoms with Gasteiger partial charge in [0.05, 0.1) is 105 Å². The van der Waals surface area contributed by atoms with Crippen LogP contribution in [-0.4, -0.2) is 125 Å². The fourth-order valence-electron chi connectivity index (χ4n) is 13.2. The molecule has 678 valence electrons. The maximum Gasteiger partial charge on any atom is 0.335 e. The minimum atomic E-state index is -2.88. The summed E-state index contributed by atoms with van der Waals surface area (Å²) >= 11 is 18.4. The summed E-state index contributed by atoms with van der Waals surface area (Å²) in [6.45, 7) is 9.59. The predicted octanol–water partition coefficient (Wildman–Crippen LogP) is 24.8. The molecule has 0 saturated heterocycles. The Morgan fingerprint density at radius 1 is 0.244 bits per heavy atom. The van der Waals surface area contributed by atoms with Crippen LogP contribution >= 0.6 is 34.8 Å². The van der Waals surface area contributed by atoms with Crippen LogP contribution in [0, 0.1) is 27.7 Å². The highest BCUT2D eigenvalue weighted by molar-refractivity contribution is 6.32. The minimum absolute atomic E-state index is 0.0529. The SMILES string of the molecule is CC(F)(F)c1ccc(-n2cc(-c3ccc(C(=O)O)cc3)cn2)cc1.CC(F)(F)c1ccc(-n2cc(-c3cccc(C(=O)O)c3)cn2)cc1.Cc1ccc(-n2cc(-c3ccc(C(=O)O)cc3)cn2)cc1.Cc1ccc(-n2cc(-c3ccc(C(=O)O)cc3)cn2)cc1Cl.Cc1ccc(-n2cc(-c3ccc(C(=O)O)cc3)cn2)cc1Cl.Cc1ccc(-n2cc(-c3cccc(C(=O)O)c3)cn2)cc1Cl. The van der Waals surface area contributed by atoms with Gasteiger partial charge >= 0.3 is 35.8 Å². The molecule has 0 bridgehead atoms. The summed E-state index contributed by atoms with van der Waals surface area (Å²) in [5.74, 6) is -11.5. The van der Waals surface area contributed by atoms with E-state index in [0.29, 0.717) is 26.4 Å². The lowest BCUT2D eigenvalue weighted by atomic mass is 10.1. The third kappa shape index (κ3) is 24.9. The number of benzene rings is 12. The summed E-state index contributed by atoms with van der Waals surface area (Å²) in [6.07, 6.45) is 21.2. The number of carbonyl (C=O) groups is 6. The lowest BCUT2D eigenvalue weighted by molar-refractivity contribution is 0.0168. The molecule has 0 unspecified atom stereocenters. The van der Waals surface area contributed by atoms with Crippen LogP contribution < -0.4 is 0 Å². The lowest BCUT2D eigenvalue weighted by Gasteiger charge is -2.10. The van der Waals surface area contributed by atoms with Gasteiger partial charge in [0.15, 0.2) is 0 Å². The maximum atomic E-state index is 13.2. The first kappa shape index (κ1) is 95.9. The van der Waals surface area contributed by atoms with Gasteiger partial charge in [-0.3, -0.25) is 0 Å². The number of rotatable bonds is 20. The van der Waals surface area contributed by atoms with Crippen LogP contribution in [0.25, 0.3) is 101 Å². The number of halogens is 7. The molecule has 135 heavy (non-hydrogen) atoms. The van der Waals surface area contributed by atoms with Crippen LogP contribution in [0.3, 0.4) is 0 Å². The van der Waals surface area contributed by atoms with Gasteiger partial charge in [0.2, 0.25) is 0 Å². The molecular weight excluding hydrogens is 1790 g/mol. The van der Waals surface area contributed by atoms with E-state index in [2.05, 4.69) is 30.6 Å². The standard InChI is InChI=1S/2C18H14F2N2O2.3C17H13ClN2O2.C17H14N2O2/c1-18(19,20)15-6-8-16(9-7-15)22-11-14(10-21-22)12-2-4-13(5-3-12)17(23)24;1-18(19,20)15-5-7-16(8-6-15)22-11-14(10-21-22)12-3-2-4-13(9-12)17(23)24;2*1-11-2-7-15(8-16(11)18)20-10-14(9-19-20)12-3-5-13(6-4-12)17(21)22;1-11-5-6-15(8-16(11)18)20-10-14(9-19-20)12-3-2-4-13(7-12)17(21)22;1-12-2-8-16(9-3-12)19-11-15(10-18-19)13-4-6-14(7-5-13)17(20)21/h2*2-11H,1H3,(H,23,24);3*2-10H,1H3,(H,21,22);2-11H,1H3,(H,20,21). The molecule has 6 N–H and O–H groups in total. The Labute approximate surface area is 784 Å². The molecule has 0 atom stereocenters. The van der Waals surface area contributed by atoms with Crippen molar-refractivity contribution in [1.82, 2.24) is 58.7 Å². The summed E-state index contributed by atoms with van der Waals surface area (Å²) in [7, 11) is 0. The third-order valence-corrected chi connectivity index (χ3v) is 22.3. The first-order valence-corrected chi connectivity index (χ1v) is 42.2. The van der Waals surface area contributed by atoms with E-state index in [1.807, 2.05) is 137 Å². The second kappa shape index (κ2) is 42.5. The van der Waals surface area contributed by atoms with Crippen molar-refractivity contribution in [3.63, 3.8) is 0 Å². The van der Waals surface area contributed by atoms with Crippen molar-refractivity contribution in [3.05, 3.63) is 429 Å². The zero-order valence-corrected chi connectivity index (χ0v) is 74.8. The van der Waals surface area contributed by atoms with E-state index in [4.69, 9.17) is 65.4 Å². The second-order valence-corrected chi connectivity index (χ2v) is 32.1. The predicted molar refractivity (Wildman–Crippen MR) is 509 cm³/mol. The molecule has 0 fully saturated rings. The summed E-state index contributed by atoms with van der Waals surface area (Å²) in [5, 5.41) is 81.6. The number of carboxylic acid groups (broad SMARTS) is 6. The first-order chi connectivity index (χ1) is 64.4. The van der Waals surface area contributed by atoms with Gasteiger partial charge in [-0.05, 0) is 223 Å². The van der Waals surface area contributed by atoms with Crippen molar-refractivity contribution in [2.45, 2.75) is 53.4 Å². The molecular formula is C104H81Cl3F4N12O12. The van der Waals surface area contributed by atoms with E-state index in [-0.39, 0.29) is 44.5 Å². The zero-order chi connectivity index (χ0) is 96.5. The van der Waals surface area contributed by atoms with Crippen molar-refractivity contribution in [1.29, 1.82) is 0 Å². The topological polar surface area (TPSA) is 331 Å². The van der Waals surface area contributed by atoms with Crippen molar-refractivity contribution in [2.24, 2.45) is 0 Å². The average molecular weight is 1870 g/mol. The summed E-state index contributed by atoms with van der Waals surface area (Å²) in [5.41, 5.74) is 20.8. The quantitative estimate of drug-likeness (QED) is 0.0386. The molecule has 0 saturated carbocycles. The molecule has 6 heterocycles. The summed E-state index contributed by atoms with van der Waals surface area (Å²) in [6, 6.07) is 77.0. The normalized spacial score (nSPS) is 10.9. The van der Waals surface area contributed by atoms with Gasteiger partial charge in [-0.1, -0.05) is 168 Å². The van der Waals surface area contributed by atoms with E-state index in [0.717, 1.165) is 120 Å². The van der Waals surface area contributed by atoms with Crippen LogP contribution in [0.2, 0.25) is 15.1 Å². The molecule has 18 aromatic rings. The van der Waals surface area contributed by atoms with E-state index < -0.39 is 47.7 Å². The molecule has 0 amide bonds. The minimum Gasteiger partial charge on any atom is -0.478 e. The highest BCUT2D eigenvalue weighted by Gasteiger charge is 2.26. The first-order valence-electron chi connectivity index (χ1n) is 41.1. The smallest absolute Gasteiger partial charge is 0.335 e. The molecule has 6 aromatic heterocycles. The molecule has 24 nitrogen and oxygen atoms in total. The van der Waals surface area contributed by atoms with Gasteiger partial charge in [0.1, 0.15) is 0 Å². The van der Waals surface area contributed by atoms with E-state index >= 15 is 0 Å². The average Bonchev–Trinajstić information content (AvgIpc) is 1.73. The molecule has 0 aliphatic heterocycles. The van der Waals surface area contributed by atoms with Gasteiger partial charge in [0.25, 0.3) is 11.8 Å². The third-order valence-electron chi connectivity index (χ3n) is 21.1. The van der Waals surface area contributed by atoms with Crippen molar-refractivity contribution in [2.75, 3.05) is 0 Å². The van der Waals surface area contributed by atoms with E-state index in [1.165, 1.54) is 48.0 Å². The van der Waals surface area contributed by atoms with E-state index in [9.17, 15) is 46.3 Å². The second-order valence-electron chi connectivity index (χ2n) is 30.8. The Balaban J connectivity index is 0.000000137. The fourth-order valence-corrected chi connectivity index (χ4v) is 13.8. The van der Waals surface area contributed by atoms with E-state index in [1.54, 1.807) is 223 Å². The van der Waals surface area contributed by atoms with Crippen molar-refractivity contribution >= 4 is 70.6 Å². The number of aromatic nitrogens is 12. The highest BCUT2D eigenvalue weighted by atomic mass is 35.5. The molecule has 31 heteroatoms. The molecule has 12 aromatic carbocycles. The zero-order valence-electron chi connectivity index (χ0n) is 72.6. The molecule has 0 spiro atoms. The van der Waals surface area contributed by atoms with Crippen LogP contribution in [0.4, 0.5) is 17.6 Å². The fraction of sp³-hybridized carbons (Fsp3) is 0.0769.